The zero-order valence-corrected chi connectivity index (χ0v) is 12.7. The summed E-state index contributed by atoms with van der Waals surface area (Å²) in [6.45, 7) is 1.61. The Morgan fingerprint density at radius 1 is 1.41 bits per heavy atom. The van der Waals surface area contributed by atoms with E-state index in [1.807, 2.05) is 0 Å². The first kappa shape index (κ1) is 14.8. The van der Waals surface area contributed by atoms with Crippen molar-refractivity contribution < 1.29 is 29.0 Å². The van der Waals surface area contributed by atoms with Crippen LogP contribution in [-0.2, 0) is 9.59 Å². The SMILES string of the molecule is COc1cc(O)c(Cl)c2c1C(=O)[C@]1(O2)C(=O)CC(=O)C[C@@H]1C. The number of phenols is 1. The van der Waals surface area contributed by atoms with Crippen LogP contribution in [0.25, 0.3) is 0 Å². The summed E-state index contributed by atoms with van der Waals surface area (Å²) in [4.78, 5) is 36.8. The van der Waals surface area contributed by atoms with E-state index in [9.17, 15) is 19.5 Å². The minimum Gasteiger partial charge on any atom is -0.506 e. The van der Waals surface area contributed by atoms with E-state index < -0.39 is 23.1 Å². The second kappa shape index (κ2) is 4.71. The first-order valence-electron chi connectivity index (χ1n) is 6.71. The fraction of sp³-hybridized carbons (Fsp3) is 0.400. The van der Waals surface area contributed by atoms with Gasteiger partial charge in [0.25, 0.3) is 0 Å². The molecule has 1 N–H and O–H groups in total. The van der Waals surface area contributed by atoms with Crippen LogP contribution in [0.5, 0.6) is 17.2 Å². The number of rotatable bonds is 1. The van der Waals surface area contributed by atoms with E-state index >= 15 is 0 Å². The van der Waals surface area contributed by atoms with E-state index in [2.05, 4.69) is 0 Å². The lowest BCUT2D eigenvalue weighted by Crippen LogP contribution is -2.57. The Balaban J connectivity index is 2.21. The van der Waals surface area contributed by atoms with E-state index in [1.165, 1.54) is 13.2 Å². The molecule has 7 heteroatoms. The number of phenolic OH excluding ortho intramolecular Hbond substituents is 1. The third-order valence-corrected chi connectivity index (χ3v) is 4.58. The molecule has 1 saturated carbocycles. The molecule has 22 heavy (non-hydrogen) atoms. The topological polar surface area (TPSA) is 89.9 Å². The number of ketones is 3. The van der Waals surface area contributed by atoms with Crippen LogP contribution in [-0.4, -0.2) is 35.2 Å². The monoisotopic (exact) mass is 324 g/mol. The number of hydrogen-bond donors (Lipinski definition) is 1. The van der Waals surface area contributed by atoms with Crippen molar-refractivity contribution in [1.82, 2.24) is 0 Å². The maximum absolute atomic E-state index is 12.9. The van der Waals surface area contributed by atoms with Crippen LogP contribution in [0, 0.1) is 5.92 Å². The Morgan fingerprint density at radius 3 is 2.68 bits per heavy atom. The zero-order valence-electron chi connectivity index (χ0n) is 11.9. The highest BCUT2D eigenvalue weighted by Gasteiger charge is 2.61. The summed E-state index contributed by atoms with van der Waals surface area (Å²) in [6, 6.07) is 1.20. The third kappa shape index (κ3) is 1.70. The van der Waals surface area contributed by atoms with Gasteiger partial charge in [0.2, 0.25) is 11.4 Å². The van der Waals surface area contributed by atoms with Crippen molar-refractivity contribution in [2.75, 3.05) is 7.11 Å². The van der Waals surface area contributed by atoms with Crippen molar-refractivity contribution in [3.63, 3.8) is 0 Å². The van der Waals surface area contributed by atoms with Gasteiger partial charge in [-0.2, -0.15) is 0 Å². The van der Waals surface area contributed by atoms with Crippen molar-refractivity contribution >= 4 is 29.0 Å². The van der Waals surface area contributed by atoms with Crippen molar-refractivity contribution in [1.29, 1.82) is 0 Å². The Morgan fingerprint density at radius 2 is 2.09 bits per heavy atom. The molecular formula is C15H13ClO6. The highest BCUT2D eigenvalue weighted by atomic mass is 35.5. The van der Waals surface area contributed by atoms with E-state index in [0.717, 1.165) is 0 Å². The first-order valence-corrected chi connectivity index (χ1v) is 7.09. The van der Waals surface area contributed by atoms with Gasteiger partial charge in [0.1, 0.15) is 27.9 Å². The summed E-state index contributed by atoms with van der Waals surface area (Å²) in [6.07, 6.45) is -0.284. The molecule has 0 saturated heterocycles. The van der Waals surface area contributed by atoms with Crippen LogP contribution in [0.4, 0.5) is 0 Å². The maximum atomic E-state index is 12.9. The highest BCUT2D eigenvalue weighted by molar-refractivity contribution is 6.36. The Bertz CT molecular complexity index is 725. The van der Waals surface area contributed by atoms with Crippen molar-refractivity contribution in [2.24, 2.45) is 5.92 Å². The molecule has 1 aliphatic carbocycles. The molecule has 2 aliphatic rings. The average Bonchev–Trinajstić information content (AvgIpc) is 2.76. The molecule has 6 nitrogen and oxygen atoms in total. The molecule has 3 rings (SSSR count). The van der Waals surface area contributed by atoms with Gasteiger partial charge < -0.3 is 14.6 Å². The Labute approximate surface area is 131 Å². The molecule has 0 amide bonds. The lowest BCUT2D eigenvalue weighted by molar-refractivity contribution is -0.143. The number of hydrogen-bond acceptors (Lipinski definition) is 6. The number of benzene rings is 1. The van der Waals surface area contributed by atoms with Gasteiger partial charge in [-0.15, -0.1) is 0 Å². The van der Waals surface area contributed by atoms with Crippen LogP contribution in [0.3, 0.4) is 0 Å². The number of ether oxygens (including phenoxy) is 2. The molecule has 1 spiro atoms. The van der Waals surface area contributed by atoms with E-state index in [-0.39, 0.29) is 46.5 Å². The fourth-order valence-corrected chi connectivity index (χ4v) is 3.30. The molecular weight excluding hydrogens is 312 g/mol. The lowest BCUT2D eigenvalue weighted by atomic mass is 9.72. The molecule has 116 valence electrons. The number of methoxy groups -OCH3 is 1. The molecule has 1 aromatic carbocycles. The molecule has 0 radical (unpaired) electrons. The molecule has 0 aromatic heterocycles. The van der Waals surface area contributed by atoms with Crippen LogP contribution in [0.1, 0.15) is 30.1 Å². The number of aromatic hydroxyl groups is 1. The molecule has 0 bridgehead atoms. The largest absolute Gasteiger partial charge is 0.506 e. The second-order valence-corrected chi connectivity index (χ2v) is 5.90. The summed E-state index contributed by atoms with van der Waals surface area (Å²) in [7, 11) is 1.33. The quantitative estimate of drug-likeness (QED) is 0.794. The summed E-state index contributed by atoms with van der Waals surface area (Å²) in [5, 5.41) is 9.65. The minimum absolute atomic E-state index is 0.0276. The van der Waals surface area contributed by atoms with Crippen molar-refractivity contribution in [2.45, 2.75) is 25.4 Å². The number of carbonyl (C=O) groups is 3. The predicted octanol–water partition coefficient (Wildman–Crippen LogP) is 1.94. The van der Waals surface area contributed by atoms with Gasteiger partial charge in [0.05, 0.1) is 13.5 Å². The molecule has 1 aliphatic heterocycles. The summed E-state index contributed by atoms with van der Waals surface area (Å²) in [5.41, 5.74) is -1.74. The van der Waals surface area contributed by atoms with Crippen LogP contribution >= 0.6 is 11.6 Å². The van der Waals surface area contributed by atoms with Gasteiger partial charge in [0.15, 0.2) is 11.5 Å². The Hall–Kier alpha value is -2.08. The Kier molecular flexibility index (Phi) is 3.18. The zero-order chi connectivity index (χ0) is 16.2. The minimum atomic E-state index is -1.76. The van der Waals surface area contributed by atoms with Crippen LogP contribution < -0.4 is 9.47 Å². The van der Waals surface area contributed by atoms with Gasteiger partial charge in [-0.05, 0) is 0 Å². The smallest absolute Gasteiger partial charge is 0.232 e. The number of carbonyl (C=O) groups excluding carboxylic acids is 3. The summed E-state index contributed by atoms with van der Waals surface area (Å²) >= 11 is 6.00. The normalized spacial score (nSPS) is 27.0. The van der Waals surface area contributed by atoms with Gasteiger partial charge in [-0.3, -0.25) is 14.4 Å². The van der Waals surface area contributed by atoms with E-state index in [1.54, 1.807) is 6.92 Å². The number of Topliss-reactive ketones (excluding diaryl/α,β-unsaturated/α-hetero) is 3. The van der Waals surface area contributed by atoms with Crippen LogP contribution in [0.2, 0.25) is 5.02 Å². The second-order valence-electron chi connectivity index (χ2n) is 5.53. The van der Waals surface area contributed by atoms with Crippen molar-refractivity contribution in [3.05, 3.63) is 16.7 Å². The average molecular weight is 325 g/mol. The maximum Gasteiger partial charge on any atom is 0.232 e. The number of halogens is 1. The van der Waals surface area contributed by atoms with Gasteiger partial charge in [-0.25, -0.2) is 0 Å². The fourth-order valence-electron chi connectivity index (χ4n) is 3.11. The molecule has 2 atom stereocenters. The summed E-state index contributed by atoms with van der Waals surface area (Å²) in [5.74, 6) is -2.32. The molecule has 0 unspecified atom stereocenters. The molecule has 1 heterocycles. The number of fused-ring (bicyclic) bond motifs is 1. The van der Waals surface area contributed by atoms with E-state index in [4.69, 9.17) is 21.1 Å². The third-order valence-electron chi connectivity index (χ3n) is 4.21. The van der Waals surface area contributed by atoms with Gasteiger partial charge in [-0.1, -0.05) is 18.5 Å². The van der Waals surface area contributed by atoms with E-state index in [0.29, 0.717) is 0 Å². The predicted molar refractivity (Wildman–Crippen MR) is 75.8 cm³/mol. The summed E-state index contributed by atoms with van der Waals surface area (Å²) < 4.78 is 10.7. The lowest BCUT2D eigenvalue weighted by Gasteiger charge is -2.34. The standard InChI is InChI=1S/C15H13ClO6/c1-6-3-7(17)4-10(19)15(6)14(20)11-9(21-2)5-8(18)12(16)13(11)22-15/h5-6,18H,3-4H2,1-2H3/t6-,15+/m0/s1. The highest BCUT2D eigenvalue weighted by Crippen LogP contribution is 2.52. The van der Waals surface area contributed by atoms with Crippen molar-refractivity contribution in [3.8, 4) is 17.2 Å². The van der Waals surface area contributed by atoms with Crippen LogP contribution in [0.15, 0.2) is 6.07 Å². The first-order chi connectivity index (χ1) is 10.3. The molecule has 1 aromatic rings. The molecule has 1 fully saturated rings. The van der Waals surface area contributed by atoms with Gasteiger partial charge in [0, 0.05) is 18.4 Å². The van der Waals surface area contributed by atoms with Gasteiger partial charge >= 0.3 is 0 Å².